The first-order valence-electron chi connectivity index (χ1n) is 7.37. The van der Waals surface area contributed by atoms with Crippen LogP contribution in [0.2, 0.25) is 0 Å². The third-order valence-corrected chi connectivity index (χ3v) is 3.04. The Labute approximate surface area is 125 Å². The number of hydrogen-bond donors (Lipinski definition) is 2. The molecule has 0 saturated heterocycles. The van der Waals surface area contributed by atoms with E-state index in [0.717, 1.165) is 12.8 Å². The first-order valence-corrected chi connectivity index (χ1v) is 7.37. The van der Waals surface area contributed by atoms with E-state index in [2.05, 4.69) is 12.2 Å². The van der Waals surface area contributed by atoms with E-state index in [9.17, 15) is 9.59 Å². The van der Waals surface area contributed by atoms with Gasteiger partial charge >= 0.3 is 5.97 Å². The van der Waals surface area contributed by atoms with Crippen LogP contribution >= 0.6 is 0 Å². The third kappa shape index (κ3) is 6.79. The van der Waals surface area contributed by atoms with E-state index >= 15 is 0 Å². The topological polar surface area (TPSA) is 75.6 Å². The molecule has 0 aliphatic rings. The van der Waals surface area contributed by atoms with Crippen LogP contribution in [-0.2, 0) is 4.79 Å². The second kappa shape index (κ2) is 9.80. The van der Waals surface area contributed by atoms with Crippen LogP contribution in [0.4, 0.5) is 0 Å². The van der Waals surface area contributed by atoms with Crippen molar-refractivity contribution in [1.82, 2.24) is 5.32 Å². The summed E-state index contributed by atoms with van der Waals surface area (Å²) in [5, 5.41) is 10.9. The fourth-order valence-corrected chi connectivity index (χ4v) is 1.92. The van der Waals surface area contributed by atoms with Gasteiger partial charge in [0.25, 0.3) is 5.91 Å². The molecule has 1 amide bonds. The smallest absolute Gasteiger partial charge is 0.322 e. The summed E-state index contributed by atoms with van der Waals surface area (Å²) in [6, 6.07) is 6.87. The highest BCUT2D eigenvalue weighted by molar-refractivity contribution is 5.98. The Bertz CT molecular complexity index is 459. The van der Waals surface area contributed by atoms with Crippen LogP contribution in [0.3, 0.4) is 0 Å². The normalized spacial score (nSPS) is 10.1. The average molecular weight is 293 g/mol. The van der Waals surface area contributed by atoms with Gasteiger partial charge in [-0.1, -0.05) is 44.7 Å². The molecule has 116 valence electrons. The lowest BCUT2D eigenvalue weighted by Gasteiger charge is -2.11. The molecule has 0 aliphatic heterocycles. The summed E-state index contributed by atoms with van der Waals surface area (Å²) in [5.74, 6) is -1.01. The van der Waals surface area contributed by atoms with Crippen LogP contribution in [0, 0.1) is 0 Å². The zero-order valence-corrected chi connectivity index (χ0v) is 12.4. The molecule has 1 aromatic carbocycles. The molecule has 0 unspecified atom stereocenters. The van der Waals surface area contributed by atoms with Gasteiger partial charge in [-0.15, -0.1) is 0 Å². The first kappa shape index (κ1) is 17.0. The Balaban J connectivity index is 2.47. The standard InChI is InChI=1S/C16H23NO4/c1-2-3-4-5-8-11-21-14-10-7-6-9-13(14)16(20)17-12-15(18)19/h6-7,9-10H,2-5,8,11-12H2,1H3,(H,17,20)(H,18,19). The van der Waals surface area contributed by atoms with Crippen molar-refractivity contribution in [2.75, 3.05) is 13.2 Å². The van der Waals surface area contributed by atoms with Crippen molar-refractivity contribution in [2.45, 2.75) is 39.0 Å². The Morgan fingerprint density at radius 3 is 2.57 bits per heavy atom. The minimum absolute atomic E-state index is 0.368. The summed E-state index contributed by atoms with van der Waals surface area (Å²) >= 11 is 0. The van der Waals surface area contributed by atoms with Gasteiger partial charge in [0.15, 0.2) is 0 Å². The summed E-state index contributed by atoms with van der Waals surface area (Å²) in [6.45, 7) is 2.33. The van der Waals surface area contributed by atoms with E-state index in [-0.39, 0.29) is 0 Å². The number of hydrogen-bond acceptors (Lipinski definition) is 3. The third-order valence-electron chi connectivity index (χ3n) is 3.04. The molecule has 0 spiro atoms. The molecule has 1 rings (SSSR count). The Hall–Kier alpha value is -2.04. The maximum absolute atomic E-state index is 11.9. The number of amides is 1. The summed E-state index contributed by atoms with van der Waals surface area (Å²) in [6.07, 6.45) is 5.69. The lowest BCUT2D eigenvalue weighted by Crippen LogP contribution is -2.29. The van der Waals surface area contributed by atoms with Crippen LogP contribution in [0.1, 0.15) is 49.4 Å². The van der Waals surface area contributed by atoms with Gasteiger partial charge in [-0.2, -0.15) is 0 Å². The summed E-state index contributed by atoms with van der Waals surface area (Å²) in [7, 11) is 0. The fraction of sp³-hybridized carbons (Fsp3) is 0.500. The second-order valence-electron chi connectivity index (χ2n) is 4.84. The predicted octanol–water partition coefficient (Wildman–Crippen LogP) is 2.85. The van der Waals surface area contributed by atoms with Crippen LogP contribution in [0.25, 0.3) is 0 Å². The van der Waals surface area contributed by atoms with E-state index in [4.69, 9.17) is 9.84 Å². The summed E-state index contributed by atoms with van der Waals surface area (Å²) < 4.78 is 5.64. The molecule has 5 nitrogen and oxygen atoms in total. The Kier molecular flexibility index (Phi) is 7.94. The number of para-hydroxylation sites is 1. The molecule has 0 radical (unpaired) electrons. The van der Waals surface area contributed by atoms with Crippen molar-refractivity contribution in [3.8, 4) is 5.75 Å². The van der Waals surface area contributed by atoms with Crippen LogP contribution < -0.4 is 10.1 Å². The van der Waals surface area contributed by atoms with Gasteiger partial charge in [0.05, 0.1) is 12.2 Å². The minimum atomic E-state index is -1.07. The zero-order chi connectivity index (χ0) is 15.5. The number of aliphatic carboxylic acids is 1. The number of benzene rings is 1. The number of carboxylic acid groups (broad SMARTS) is 1. The number of carbonyl (C=O) groups excluding carboxylic acids is 1. The molecule has 0 heterocycles. The van der Waals surface area contributed by atoms with Gasteiger partial charge in [0, 0.05) is 0 Å². The number of unbranched alkanes of at least 4 members (excludes halogenated alkanes) is 4. The number of nitrogens with one attached hydrogen (secondary N) is 1. The number of carboxylic acids is 1. The quantitative estimate of drug-likeness (QED) is 0.650. The molecule has 2 N–H and O–H groups in total. The zero-order valence-electron chi connectivity index (χ0n) is 12.4. The molecule has 0 fully saturated rings. The van der Waals surface area contributed by atoms with Gasteiger partial charge in [-0.05, 0) is 18.6 Å². The van der Waals surface area contributed by atoms with E-state index in [1.165, 1.54) is 19.3 Å². The Morgan fingerprint density at radius 1 is 1.14 bits per heavy atom. The van der Waals surface area contributed by atoms with Gasteiger partial charge in [0.1, 0.15) is 12.3 Å². The van der Waals surface area contributed by atoms with Gasteiger partial charge in [-0.25, -0.2) is 0 Å². The van der Waals surface area contributed by atoms with Crippen molar-refractivity contribution in [3.63, 3.8) is 0 Å². The Morgan fingerprint density at radius 2 is 1.86 bits per heavy atom. The molecule has 0 bridgehead atoms. The highest BCUT2D eigenvalue weighted by Crippen LogP contribution is 2.18. The molecule has 5 heteroatoms. The predicted molar refractivity (Wildman–Crippen MR) is 80.7 cm³/mol. The van der Waals surface area contributed by atoms with E-state index in [1.54, 1.807) is 24.3 Å². The SMILES string of the molecule is CCCCCCCOc1ccccc1C(=O)NCC(=O)O. The number of ether oxygens (including phenoxy) is 1. The summed E-state index contributed by atoms with van der Waals surface area (Å²) in [5.41, 5.74) is 0.368. The highest BCUT2D eigenvalue weighted by atomic mass is 16.5. The van der Waals surface area contributed by atoms with Gasteiger partial charge in [0.2, 0.25) is 0 Å². The largest absolute Gasteiger partial charge is 0.493 e. The average Bonchev–Trinajstić information content (AvgIpc) is 2.48. The van der Waals surface area contributed by atoms with Crippen molar-refractivity contribution in [1.29, 1.82) is 0 Å². The van der Waals surface area contributed by atoms with Crippen molar-refractivity contribution >= 4 is 11.9 Å². The molecular weight excluding hydrogens is 270 g/mol. The number of carbonyl (C=O) groups is 2. The molecule has 1 aromatic rings. The van der Waals surface area contributed by atoms with E-state index in [1.807, 2.05) is 0 Å². The van der Waals surface area contributed by atoms with Crippen molar-refractivity contribution in [2.24, 2.45) is 0 Å². The molecule has 0 aliphatic carbocycles. The van der Waals surface area contributed by atoms with E-state index < -0.39 is 18.4 Å². The maximum atomic E-state index is 11.9. The highest BCUT2D eigenvalue weighted by Gasteiger charge is 2.12. The molecular formula is C16H23NO4. The molecule has 0 atom stereocenters. The minimum Gasteiger partial charge on any atom is -0.493 e. The van der Waals surface area contributed by atoms with Gasteiger partial charge in [-0.3, -0.25) is 9.59 Å². The van der Waals surface area contributed by atoms with Gasteiger partial charge < -0.3 is 15.2 Å². The van der Waals surface area contributed by atoms with E-state index in [0.29, 0.717) is 17.9 Å². The first-order chi connectivity index (χ1) is 10.1. The molecule has 0 saturated carbocycles. The second-order valence-corrected chi connectivity index (χ2v) is 4.84. The molecule has 0 aromatic heterocycles. The lowest BCUT2D eigenvalue weighted by molar-refractivity contribution is -0.135. The summed E-state index contributed by atoms with van der Waals surface area (Å²) in [4.78, 5) is 22.4. The van der Waals surface area contributed by atoms with Crippen molar-refractivity contribution < 1.29 is 19.4 Å². The van der Waals surface area contributed by atoms with Crippen LogP contribution in [0.15, 0.2) is 24.3 Å². The van der Waals surface area contributed by atoms with Crippen LogP contribution in [-0.4, -0.2) is 30.1 Å². The van der Waals surface area contributed by atoms with Crippen molar-refractivity contribution in [3.05, 3.63) is 29.8 Å². The monoisotopic (exact) mass is 293 g/mol. The maximum Gasteiger partial charge on any atom is 0.322 e. The van der Waals surface area contributed by atoms with Crippen LogP contribution in [0.5, 0.6) is 5.75 Å². The number of rotatable bonds is 10. The molecule has 21 heavy (non-hydrogen) atoms. The fourth-order valence-electron chi connectivity index (χ4n) is 1.92. The lowest BCUT2D eigenvalue weighted by atomic mass is 10.1.